The van der Waals surface area contributed by atoms with Crippen LogP contribution in [0.25, 0.3) is 0 Å². The third-order valence-corrected chi connectivity index (χ3v) is 6.12. The van der Waals surface area contributed by atoms with Crippen LogP contribution in [0.15, 0.2) is 18.2 Å². The summed E-state index contributed by atoms with van der Waals surface area (Å²) in [7, 11) is 3.20. The van der Waals surface area contributed by atoms with E-state index in [1.54, 1.807) is 19.1 Å². The number of nitrogens with one attached hydrogen (secondary N) is 1. The first-order valence-corrected chi connectivity index (χ1v) is 10.5. The number of carbonyl (C=O) groups excluding carboxylic acids is 1. The molecule has 28 heavy (non-hydrogen) atoms. The number of para-hydroxylation sites is 1. The van der Waals surface area contributed by atoms with Crippen LogP contribution in [0.3, 0.4) is 0 Å². The molecule has 1 aliphatic carbocycles. The second-order valence-corrected chi connectivity index (χ2v) is 8.15. The minimum atomic E-state index is -1.32. The van der Waals surface area contributed by atoms with E-state index in [1.807, 2.05) is 18.2 Å². The molecule has 2 aliphatic rings. The molecule has 1 aromatic carbocycles. The molecule has 1 saturated heterocycles. The van der Waals surface area contributed by atoms with Crippen molar-refractivity contribution >= 4 is 5.91 Å². The van der Waals surface area contributed by atoms with Gasteiger partial charge < -0.3 is 24.8 Å². The molecule has 0 bridgehead atoms. The number of ether oxygens (including phenoxy) is 2. The largest absolute Gasteiger partial charge is 0.493 e. The zero-order chi connectivity index (χ0) is 20.0. The average Bonchev–Trinajstić information content (AvgIpc) is 2.72. The van der Waals surface area contributed by atoms with E-state index in [0.29, 0.717) is 43.5 Å². The van der Waals surface area contributed by atoms with Gasteiger partial charge in [-0.1, -0.05) is 31.4 Å². The van der Waals surface area contributed by atoms with Gasteiger partial charge in [-0.25, -0.2) is 0 Å². The van der Waals surface area contributed by atoms with Crippen LogP contribution in [-0.4, -0.2) is 55.4 Å². The van der Waals surface area contributed by atoms with Gasteiger partial charge in [0.05, 0.1) is 14.2 Å². The number of piperidine rings is 1. The molecule has 6 nitrogen and oxygen atoms in total. The highest BCUT2D eigenvalue weighted by atomic mass is 16.5. The summed E-state index contributed by atoms with van der Waals surface area (Å²) in [5.74, 6) is 1.77. The number of aliphatic hydroxyl groups is 1. The maximum Gasteiger partial charge on any atom is 0.256 e. The van der Waals surface area contributed by atoms with Crippen molar-refractivity contribution in [3.63, 3.8) is 0 Å². The quantitative estimate of drug-likeness (QED) is 0.714. The Morgan fingerprint density at radius 2 is 1.96 bits per heavy atom. The number of likely N-dealkylation sites (tertiary alicyclic amines) is 1. The summed E-state index contributed by atoms with van der Waals surface area (Å²) in [4.78, 5) is 14.8. The van der Waals surface area contributed by atoms with Gasteiger partial charge >= 0.3 is 0 Å². The van der Waals surface area contributed by atoms with Crippen LogP contribution in [0.1, 0.15) is 50.5 Å². The molecule has 1 amide bonds. The summed E-state index contributed by atoms with van der Waals surface area (Å²) in [6, 6.07) is 5.67. The first-order valence-electron chi connectivity index (χ1n) is 10.5. The Morgan fingerprint density at radius 3 is 2.68 bits per heavy atom. The van der Waals surface area contributed by atoms with Crippen molar-refractivity contribution in [1.82, 2.24) is 10.2 Å². The first kappa shape index (κ1) is 20.9. The number of rotatable bonds is 8. The average molecular weight is 391 g/mol. The summed E-state index contributed by atoms with van der Waals surface area (Å²) in [6.07, 6.45) is 7.73. The van der Waals surface area contributed by atoms with Gasteiger partial charge in [0.2, 0.25) is 0 Å². The van der Waals surface area contributed by atoms with Gasteiger partial charge in [-0.2, -0.15) is 0 Å². The highest BCUT2D eigenvalue weighted by Crippen LogP contribution is 2.33. The molecule has 0 spiro atoms. The van der Waals surface area contributed by atoms with Crippen LogP contribution in [0.4, 0.5) is 0 Å². The maximum absolute atomic E-state index is 13.1. The van der Waals surface area contributed by atoms with E-state index in [0.717, 1.165) is 18.5 Å². The Labute approximate surface area is 168 Å². The van der Waals surface area contributed by atoms with Crippen molar-refractivity contribution in [1.29, 1.82) is 0 Å². The summed E-state index contributed by atoms with van der Waals surface area (Å²) < 4.78 is 10.8. The van der Waals surface area contributed by atoms with E-state index in [9.17, 15) is 9.90 Å². The summed E-state index contributed by atoms with van der Waals surface area (Å²) in [5.41, 5.74) is -0.437. The molecule has 3 rings (SSSR count). The van der Waals surface area contributed by atoms with Crippen molar-refractivity contribution in [3.8, 4) is 11.5 Å². The smallest absolute Gasteiger partial charge is 0.256 e. The fraction of sp³-hybridized carbons (Fsp3) is 0.682. The lowest BCUT2D eigenvalue weighted by Gasteiger charge is -2.39. The van der Waals surface area contributed by atoms with Gasteiger partial charge in [-0.05, 0) is 44.2 Å². The molecule has 6 heteroatoms. The lowest BCUT2D eigenvalue weighted by molar-refractivity contribution is -0.157. The summed E-state index contributed by atoms with van der Waals surface area (Å²) >= 11 is 0. The van der Waals surface area contributed by atoms with Gasteiger partial charge in [-0.15, -0.1) is 0 Å². The maximum atomic E-state index is 13.1. The standard InChI is InChI=1S/C22H34N2O4/c1-27-19-11-6-10-18(20(19)28-2)15-24-13-7-12-22(26,21(24)25)16-23-14-17-8-4-3-5-9-17/h6,10-11,17,23,26H,3-5,7-9,12-16H2,1-2H3/t22-/m1/s1. The second kappa shape index (κ2) is 9.61. The molecular formula is C22H34N2O4. The topological polar surface area (TPSA) is 71.0 Å². The number of benzene rings is 1. The number of hydrogen-bond acceptors (Lipinski definition) is 5. The molecule has 0 aromatic heterocycles. The lowest BCUT2D eigenvalue weighted by Crippen LogP contribution is -2.58. The van der Waals surface area contributed by atoms with Gasteiger partial charge in [0, 0.05) is 25.2 Å². The second-order valence-electron chi connectivity index (χ2n) is 8.15. The van der Waals surface area contributed by atoms with Crippen LogP contribution < -0.4 is 14.8 Å². The predicted molar refractivity (Wildman–Crippen MR) is 109 cm³/mol. The van der Waals surface area contributed by atoms with Crippen LogP contribution in [-0.2, 0) is 11.3 Å². The molecule has 1 aromatic rings. The van der Waals surface area contributed by atoms with Crippen LogP contribution >= 0.6 is 0 Å². The van der Waals surface area contributed by atoms with E-state index in [2.05, 4.69) is 5.32 Å². The Hall–Kier alpha value is -1.79. The van der Waals surface area contributed by atoms with E-state index in [4.69, 9.17) is 9.47 Å². The zero-order valence-corrected chi connectivity index (χ0v) is 17.2. The van der Waals surface area contributed by atoms with Crippen molar-refractivity contribution in [2.24, 2.45) is 5.92 Å². The number of nitrogens with zero attached hydrogens (tertiary/aromatic N) is 1. The summed E-state index contributed by atoms with van der Waals surface area (Å²) in [5, 5.41) is 14.4. The molecule has 2 fully saturated rings. The van der Waals surface area contributed by atoms with E-state index in [1.165, 1.54) is 32.1 Å². The number of carbonyl (C=O) groups is 1. The first-order chi connectivity index (χ1) is 13.6. The van der Waals surface area contributed by atoms with Crippen molar-refractivity contribution < 1.29 is 19.4 Å². The monoisotopic (exact) mass is 390 g/mol. The van der Waals surface area contributed by atoms with Crippen LogP contribution in [0, 0.1) is 5.92 Å². The van der Waals surface area contributed by atoms with Gasteiger partial charge in [0.15, 0.2) is 17.1 Å². The summed E-state index contributed by atoms with van der Waals surface area (Å²) in [6.45, 7) is 2.27. The Kier molecular flexibility index (Phi) is 7.18. The van der Waals surface area contributed by atoms with E-state index >= 15 is 0 Å². The van der Waals surface area contributed by atoms with E-state index in [-0.39, 0.29) is 5.91 Å². The van der Waals surface area contributed by atoms with Crippen LogP contribution in [0.2, 0.25) is 0 Å². The lowest BCUT2D eigenvalue weighted by atomic mass is 9.88. The van der Waals surface area contributed by atoms with Gasteiger partial charge in [-0.3, -0.25) is 4.79 Å². The molecule has 156 valence electrons. The molecule has 0 unspecified atom stereocenters. The van der Waals surface area contributed by atoms with Crippen LogP contribution in [0.5, 0.6) is 11.5 Å². The molecule has 0 radical (unpaired) electrons. The zero-order valence-electron chi connectivity index (χ0n) is 17.2. The third kappa shape index (κ3) is 4.78. The molecule has 1 heterocycles. The molecule has 1 atom stereocenters. The SMILES string of the molecule is COc1cccc(CN2CCC[C@@](O)(CNCC3CCCCC3)C2=O)c1OC. The van der Waals surface area contributed by atoms with Gasteiger partial charge in [0.25, 0.3) is 5.91 Å². The molecule has 1 saturated carbocycles. The number of amides is 1. The Balaban J connectivity index is 1.61. The van der Waals surface area contributed by atoms with Crippen molar-refractivity contribution in [2.75, 3.05) is 33.9 Å². The molecule has 1 aliphatic heterocycles. The fourth-order valence-electron chi connectivity index (χ4n) is 4.54. The minimum absolute atomic E-state index is 0.195. The third-order valence-electron chi connectivity index (χ3n) is 6.12. The fourth-order valence-corrected chi connectivity index (χ4v) is 4.54. The van der Waals surface area contributed by atoms with Gasteiger partial charge in [0.1, 0.15) is 0 Å². The number of hydrogen-bond donors (Lipinski definition) is 2. The van der Waals surface area contributed by atoms with Crippen molar-refractivity contribution in [3.05, 3.63) is 23.8 Å². The highest BCUT2D eigenvalue weighted by Gasteiger charge is 2.42. The molecule has 2 N–H and O–H groups in total. The predicted octanol–water partition coefficient (Wildman–Crippen LogP) is 2.73. The Morgan fingerprint density at radius 1 is 1.18 bits per heavy atom. The Bertz CT molecular complexity index is 660. The van der Waals surface area contributed by atoms with Crippen molar-refractivity contribution in [2.45, 2.75) is 57.1 Å². The molecular weight excluding hydrogens is 356 g/mol. The highest BCUT2D eigenvalue weighted by molar-refractivity contribution is 5.86. The number of methoxy groups -OCH3 is 2. The minimum Gasteiger partial charge on any atom is -0.493 e. The normalized spacial score (nSPS) is 23.7. The van der Waals surface area contributed by atoms with E-state index < -0.39 is 5.60 Å².